The zero-order valence-corrected chi connectivity index (χ0v) is 14.5. The molecule has 0 bridgehead atoms. The maximum Gasteiger partial charge on any atom is 0.345 e. The van der Waals surface area contributed by atoms with Crippen molar-refractivity contribution < 1.29 is 14.6 Å². The summed E-state index contributed by atoms with van der Waals surface area (Å²) in [6.07, 6.45) is -0.603. The van der Waals surface area contributed by atoms with Crippen LogP contribution in [0.4, 0.5) is 0 Å². The first-order valence-corrected chi connectivity index (χ1v) is 8.51. The van der Waals surface area contributed by atoms with Crippen LogP contribution in [-0.4, -0.2) is 17.2 Å². The molecule has 1 atom stereocenters. The summed E-state index contributed by atoms with van der Waals surface area (Å²) in [6.45, 7) is 4.14. The Bertz CT molecular complexity index is 878. The average Bonchev–Trinajstić information content (AvgIpc) is 2.61. The molecule has 3 rings (SSSR count). The molecule has 0 saturated heterocycles. The van der Waals surface area contributed by atoms with Gasteiger partial charge in [-0.2, -0.15) is 0 Å². The smallest absolute Gasteiger partial charge is 0.345 e. The van der Waals surface area contributed by atoms with E-state index >= 15 is 0 Å². The quantitative estimate of drug-likeness (QED) is 0.687. The normalized spacial score (nSPS) is 12.3. The summed E-state index contributed by atoms with van der Waals surface area (Å²) >= 11 is 0. The lowest BCUT2D eigenvalue weighted by atomic mass is 9.99. The monoisotopic (exact) mass is 334 g/mol. The molecule has 0 saturated carbocycles. The highest BCUT2D eigenvalue weighted by Crippen LogP contribution is 2.28. The molecule has 0 fully saturated rings. The van der Waals surface area contributed by atoms with E-state index in [0.717, 1.165) is 21.9 Å². The lowest BCUT2D eigenvalue weighted by Crippen LogP contribution is -2.30. The maximum absolute atomic E-state index is 11.8. The van der Waals surface area contributed by atoms with Gasteiger partial charge in [-0.25, -0.2) is 4.79 Å². The Hall–Kier alpha value is -2.81. The van der Waals surface area contributed by atoms with Crippen LogP contribution in [0.15, 0.2) is 66.7 Å². The molecule has 0 aliphatic rings. The van der Waals surface area contributed by atoms with Gasteiger partial charge >= 0.3 is 5.97 Å². The summed E-state index contributed by atoms with van der Waals surface area (Å²) in [4.78, 5) is 11.8. The number of para-hydroxylation sites is 1. The van der Waals surface area contributed by atoms with E-state index in [1.165, 1.54) is 0 Å². The van der Waals surface area contributed by atoms with E-state index in [9.17, 15) is 9.90 Å². The van der Waals surface area contributed by atoms with Crippen LogP contribution in [0.1, 0.15) is 30.9 Å². The van der Waals surface area contributed by atoms with Crippen LogP contribution in [0.2, 0.25) is 0 Å². The second kappa shape index (κ2) is 7.39. The number of benzene rings is 3. The highest BCUT2D eigenvalue weighted by molar-refractivity contribution is 5.86. The number of hydrogen-bond acceptors (Lipinski definition) is 2. The fraction of sp³-hybridized carbons (Fsp3) is 0.227. The lowest BCUT2D eigenvalue weighted by Gasteiger charge is -2.20. The zero-order valence-electron chi connectivity index (χ0n) is 14.5. The number of carboxylic acids is 1. The summed E-state index contributed by atoms with van der Waals surface area (Å²) in [6, 6.07) is 21.6. The van der Waals surface area contributed by atoms with Crippen molar-refractivity contribution in [2.45, 2.75) is 32.3 Å². The maximum atomic E-state index is 11.8. The number of rotatable bonds is 6. The largest absolute Gasteiger partial charge is 0.478 e. The topological polar surface area (TPSA) is 46.5 Å². The first kappa shape index (κ1) is 17.0. The van der Waals surface area contributed by atoms with E-state index < -0.39 is 12.1 Å². The van der Waals surface area contributed by atoms with Crippen molar-refractivity contribution in [3.05, 3.63) is 77.9 Å². The zero-order chi connectivity index (χ0) is 17.8. The molecule has 3 nitrogen and oxygen atoms in total. The summed E-state index contributed by atoms with van der Waals surface area (Å²) in [5.41, 5.74) is 2.00. The molecule has 3 heteroatoms. The highest BCUT2D eigenvalue weighted by Gasteiger charge is 2.22. The van der Waals surface area contributed by atoms with E-state index in [2.05, 4.69) is 13.8 Å². The van der Waals surface area contributed by atoms with Gasteiger partial charge in [-0.3, -0.25) is 0 Å². The molecule has 0 spiro atoms. The minimum atomic E-state index is -0.952. The highest BCUT2D eigenvalue weighted by atomic mass is 16.5. The lowest BCUT2D eigenvalue weighted by molar-refractivity contribution is -0.145. The number of hydrogen-bond donors (Lipinski definition) is 1. The van der Waals surface area contributed by atoms with Crippen LogP contribution >= 0.6 is 0 Å². The van der Waals surface area contributed by atoms with Gasteiger partial charge in [0.1, 0.15) is 5.75 Å². The van der Waals surface area contributed by atoms with Gasteiger partial charge in [0, 0.05) is 6.42 Å². The van der Waals surface area contributed by atoms with Gasteiger partial charge in [0.15, 0.2) is 6.10 Å². The minimum absolute atomic E-state index is 0.267. The number of fused-ring (bicyclic) bond motifs is 1. The number of ether oxygens (including phenoxy) is 1. The Kier molecular flexibility index (Phi) is 5.03. The van der Waals surface area contributed by atoms with Crippen LogP contribution < -0.4 is 4.74 Å². The van der Waals surface area contributed by atoms with Crippen molar-refractivity contribution in [1.82, 2.24) is 0 Å². The average molecular weight is 334 g/mol. The summed E-state index contributed by atoms with van der Waals surface area (Å²) in [5.74, 6) is -0.0418. The third kappa shape index (κ3) is 3.82. The number of carbonyl (C=O) groups is 1. The van der Waals surface area contributed by atoms with Gasteiger partial charge in [0.2, 0.25) is 0 Å². The van der Waals surface area contributed by atoms with Crippen LogP contribution in [-0.2, 0) is 11.2 Å². The SMILES string of the molecule is CC(C)c1ccccc1O[C@@H](Cc1cccc2ccccc12)C(=O)O. The molecule has 128 valence electrons. The van der Waals surface area contributed by atoms with Crippen LogP contribution in [0.3, 0.4) is 0 Å². The molecule has 0 heterocycles. The molecule has 0 radical (unpaired) electrons. The molecule has 25 heavy (non-hydrogen) atoms. The third-order valence-corrected chi connectivity index (χ3v) is 4.37. The standard InChI is InChI=1S/C22H22O3/c1-15(2)18-11-5-6-13-20(18)25-21(22(23)24)14-17-10-7-9-16-8-3-4-12-19(16)17/h3-13,15,21H,14H2,1-2H3,(H,23,24)/t21-/m0/s1. The molecular formula is C22H22O3. The van der Waals surface area contributed by atoms with Crippen molar-refractivity contribution in [3.8, 4) is 5.75 Å². The van der Waals surface area contributed by atoms with Crippen LogP contribution in [0.25, 0.3) is 10.8 Å². The molecule has 0 aliphatic heterocycles. The van der Waals surface area contributed by atoms with E-state index in [1.54, 1.807) is 0 Å². The predicted molar refractivity (Wildman–Crippen MR) is 100 cm³/mol. The third-order valence-electron chi connectivity index (χ3n) is 4.37. The first-order chi connectivity index (χ1) is 12.1. The van der Waals surface area contributed by atoms with Gasteiger partial charge in [0.25, 0.3) is 0 Å². The summed E-state index contributed by atoms with van der Waals surface area (Å²) in [5, 5.41) is 11.8. The predicted octanol–water partition coefficient (Wildman–Crippen LogP) is 5.04. The Balaban J connectivity index is 1.91. The van der Waals surface area contributed by atoms with Crippen molar-refractivity contribution in [3.63, 3.8) is 0 Å². The second-order valence-electron chi connectivity index (χ2n) is 6.48. The number of carboxylic acid groups (broad SMARTS) is 1. The van der Waals surface area contributed by atoms with Crippen molar-refractivity contribution >= 4 is 16.7 Å². The summed E-state index contributed by atoms with van der Waals surface area (Å²) in [7, 11) is 0. The molecule has 0 aliphatic carbocycles. The molecule has 0 aromatic heterocycles. The Morgan fingerprint density at radius 2 is 1.64 bits per heavy atom. The molecular weight excluding hydrogens is 312 g/mol. The Labute approximate surface area is 147 Å². The number of aliphatic carboxylic acids is 1. The Morgan fingerprint density at radius 1 is 0.960 bits per heavy atom. The van der Waals surface area contributed by atoms with E-state index in [-0.39, 0.29) is 5.92 Å². The van der Waals surface area contributed by atoms with Gasteiger partial charge < -0.3 is 9.84 Å². The van der Waals surface area contributed by atoms with E-state index in [0.29, 0.717) is 12.2 Å². The van der Waals surface area contributed by atoms with Crippen molar-refractivity contribution in [1.29, 1.82) is 0 Å². The van der Waals surface area contributed by atoms with E-state index in [4.69, 9.17) is 4.74 Å². The molecule has 3 aromatic rings. The fourth-order valence-electron chi connectivity index (χ4n) is 3.07. The van der Waals surface area contributed by atoms with Gasteiger partial charge in [-0.05, 0) is 33.9 Å². The van der Waals surface area contributed by atoms with Gasteiger partial charge in [-0.1, -0.05) is 74.5 Å². The Morgan fingerprint density at radius 3 is 2.40 bits per heavy atom. The molecule has 0 amide bonds. The van der Waals surface area contributed by atoms with Crippen molar-refractivity contribution in [2.24, 2.45) is 0 Å². The fourth-order valence-corrected chi connectivity index (χ4v) is 3.07. The second-order valence-corrected chi connectivity index (χ2v) is 6.48. The summed E-state index contributed by atoms with van der Waals surface area (Å²) < 4.78 is 5.92. The first-order valence-electron chi connectivity index (χ1n) is 8.51. The minimum Gasteiger partial charge on any atom is -0.478 e. The van der Waals surface area contributed by atoms with Crippen LogP contribution in [0.5, 0.6) is 5.75 Å². The van der Waals surface area contributed by atoms with Crippen molar-refractivity contribution in [2.75, 3.05) is 0 Å². The van der Waals surface area contributed by atoms with Crippen LogP contribution in [0, 0.1) is 0 Å². The molecule has 1 N–H and O–H groups in total. The molecule has 3 aromatic carbocycles. The van der Waals surface area contributed by atoms with Gasteiger partial charge in [-0.15, -0.1) is 0 Å². The molecule has 0 unspecified atom stereocenters. The van der Waals surface area contributed by atoms with E-state index in [1.807, 2.05) is 66.7 Å². The van der Waals surface area contributed by atoms with Gasteiger partial charge in [0.05, 0.1) is 0 Å².